The van der Waals surface area contributed by atoms with E-state index in [1.807, 2.05) is 7.05 Å². The molecule has 2 saturated carbocycles. The third kappa shape index (κ3) is 3.87. The van der Waals surface area contributed by atoms with Gasteiger partial charge < -0.3 is 15.3 Å². The molecule has 2 aliphatic carbocycles. The molecule has 4 heteroatoms. The van der Waals surface area contributed by atoms with Gasteiger partial charge in [-0.1, -0.05) is 26.7 Å². The van der Waals surface area contributed by atoms with Crippen LogP contribution in [0.2, 0.25) is 0 Å². The lowest BCUT2D eigenvalue weighted by Crippen LogP contribution is -2.50. The summed E-state index contributed by atoms with van der Waals surface area (Å²) >= 11 is 0. The molecule has 0 heterocycles. The number of urea groups is 1. The van der Waals surface area contributed by atoms with Crippen molar-refractivity contribution in [2.75, 3.05) is 13.6 Å². The maximum absolute atomic E-state index is 12.3. The van der Waals surface area contributed by atoms with E-state index in [1.165, 1.54) is 19.3 Å². The van der Waals surface area contributed by atoms with E-state index in [1.54, 1.807) is 4.90 Å². The molecule has 0 bridgehead atoms. The Labute approximate surface area is 122 Å². The van der Waals surface area contributed by atoms with Crippen molar-refractivity contribution in [3.05, 3.63) is 0 Å². The standard InChI is InChI=1S/C16H30N2O2/c1-11(2)14-6-4-5-7-15(14)17-16(20)18(3)10-12-8-13(19)9-12/h11-15,19H,4-10H2,1-3H3,(H,17,20)/t12?,13?,14-,15-/m1/s1. The summed E-state index contributed by atoms with van der Waals surface area (Å²) in [6, 6.07) is 0.398. The molecule has 2 aliphatic rings. The SMILES string of the molecule is CC(C)[C@H]1CCCC[C@H]1NC(=O)N(C)CC1CC(O)C1. The first-order valence-corrected chi connectivity index (χ1v) is 8.17. The first kappa shape index (κ1) is 15.6. The first-order valence-electron chi connectivity index (χ1n) is 8.17. The number of aliphatic hydroxyl groups is 1. The highest BCUT2D eigenvalue weighted by molar-refractivity contribution is 5.74. The number of carbonyl (C=O) groups excluding carboxylic acids is 1. The van der Waals surface area contributed by atoms with Gasteiger partial charge in [0.05, 0.1) is 6.10 Å². The summed E-state index contributed by atoms with van der Waals surface area (Å²) in [5.74, 6) is 1.73. The predicted octanol–water partition coefficient (Wildman–Crippen LogP) is 2.61. The Kier molecular flexibility index (Phi) is 5.30. The van der Waals surface area contributed by atoms with Crippen LogP contribution in [0.3, 0.4) is 0 Å². The van der Waals surface area contributed by atoms with Crippen LogP contribution in [0.25, 0.3) is 0 Å². The zero-order valence-electron chi connectivity index (χ0n) is 13.1. The number of nitrogens with zero attached hydrogens (tertiary/aromatic N) is 1. The van der Waals surface area contributed by atoms with Gasteiger partial charge in [-0.25, -0.2) is 4.79 Å². The Morgan fingerprint density at radius 1 is 1.30 bits per heavy atom. The fraction of sp³-hybridized carbons (Fsp3) is 0.938. The highest BCUT2D eigenvalue weighted by Crippen LogP contribution is 2.31. The summed E-state index contributed by atoms with van der Waals surface area (Å²) < 4.78 is 0. The van der Waals surface area contributed by atoms with Crippen molar-refractivity contribution in [3.63, 3.8) is 0 Å². The van der Waals surface area contributed by atoms with Crippen molar-refractivity contribution in [2.45, 2.75) is 64.5 Å². The van der Waals surface area contributed by atoms with Crippen LogP contribution in [-0.4, -0.2) is 41.8 Å². The average Bonchev–Trinajstić information content (AvgIpc) is 2.37. The summed E-state index contributed by atoms with van der Waals surface area (Å²) in [7, 11) is 1.87. The van der Waals surface area contributed by atoms with E-state index in [0.717, 1.165) is 25.8 Å². The molecule has 116 valence electrons. The number of amides is 2. The Hall–Kier alpha value is -0.770. The molecule has 0 saturated heterocycles. The number of aliphatic hydroxyl groups excluding tert-OH is 1. The van der Waals surface area contributed by atoms with E-state index in [0.29, 0.717) is 23.8 Å². The van der Waals surface area contributed by atoms with Crippen LogP contribution in [0, 0.1) is 17.8 Å². The van der Waals surface area contributed by atoms with Crippen LogP contribution in [0.1, 0.15) is 52.4 Å². The summed E-state index contributed by atoms with van der Waals surface area (Å²) in [4.78, 5) is 14.1. The highest BCUT2D eigenvalue weighted by Gasteiger charge is 2.32. The number of hydrogen-bond acceptors (Lipinski definition) is 2. The van der Waals surface area contributed by atoms with Crippen LogP contribution in [0.5, 0.6) is 0 Å². The van der Waals surface area contributed by atoms with Crippen LogP contribution >= 0.6 is 0 Å². The second-order valence-electron chi connectivity index (χ2n) is 7.12. The number of hydrogen-bond donors (Lipinski definition) is 2. The van der Waals surface area contributed by atoms with Gasteiger partial charge in [-0.3, -0.25) is 0 Å². The quantitative estimate of drug-likeness (QED) is 0.833. The summed E-state index contributed by atoms with van der Waals surface area (Å²) in [5, 5.41) is 12.5. The lowest BCUT2D eigenvalue weighted by atomic mass is 9.78. The van der Waals surface area contributed by atoms with Gasteiger partial charge >= 0.3 is 6.03 Å². The van der Waals surface area contributed by atoms with Crippen LogP contribution in [0.4, 0.5) is 4.79 Å². The third-order valence-corrected chi connectivity index (χ3v) is 5.07. The van der Waals surface area contributed by atoms with Gasteiger partial charge in [0.2, 0.25) is 0 Å². The fourth-order valence-corrected chi connectivity index (χ4v) is 3.73. The Balaban J connectivity index is 1.79. The van der Waals surface area contributed by atoms with Crippen molar-refractivity contribution in [3.8, 4) is 0 Å². The van der Waals surface area contributed by atoms with Crippen molar-refractivity contribution >= 4 is 6.03 Å². The van der Waals surface area contributed by atoms with Crippen molar-refractivity contribution in [2.24, 2.45) is 17.8 Å². The van der Waals surface area contributed by atoms with Gasteiger partial charge in [0.1, 0.15) is 0 Å². The van der Waals surface area contributed by atoms with Crippen molar-refractivity contribution in [1.29, 1.82) is 0 Å². The smallest absolute Gasteiger partial charge is 0.317 e. The Bertz CT molecular complexity index is 326. The monoisotopic (exact) mass is 282 g/mol. The van der Waals surface area contributed by atoms with Gasteiger partial charge in [0.15, 0.2) is 0 Å². The molecule has 2 amide bonds. The van der Waals surface area contributed by atoms with E-state index in [-0.39, 0.29) is 12.1 Å². The third-order valence-electron chi connectivity index (χ3n) is 5.07. The van der Waals surface area contributed by atoms with E-state index in [2.05, 4.69) is 19.2 Å². The molecule has 2 N–H and O–H groups in total. The summed E-state index contributed by atoms with van der Waals surface area (Å²) in [6.45, 7) is 5.28. The lowest BCUT2D eigenvalue weighted by Gasteiger charge is -2.38. The molecule has 0 radical (unpaired) electrons. The van der Waals surface area contributed by atoms with Gasteiger partial charge in [-0.05, 0) is 43.4 Å². The molecule has 2 rings (SSSR count). The minimum atomic E-state index is -0.139. The molecule has 0 aromatic rings. The van der Waals surface area contributed by atoms with Gasteiger partial charge in [0, 0.05) is 19.6 Å². The van der Waals surface area contributed by atoms with Crippen molar-refractivity contribution < 1.29 is 9.90 Å². The number of carbonyl (C=O) groups is 1. The van der Waals surface area contributed by atoms with E-state index in [9.17, 15) is 9.90 Å². The second-order valence-corrected chi connectivity index (χ2v) is 7.12. The maximum Gasteiger partial charge on any atom is 0.317 e. The van der Waals surface area contributed by atoms with Crippen LogP contribution in [-0.2, 0) is 0 Å². The van der Waals surface area contributed by atoms with Gasteiger partial charge in [-0.15, -0.1) is 0 Å². The van der Waals surface area contributed by atoms with Gasteiger partial charge in [-0.2, -0.15) is 0 Å². The largest absolute Gasteiger partial charge is 0.393 e. The fourth-order valence-electron chi connectivity index (χ4n) is 3.73. The summed E-state index contributed by atoms with van der Waals surface area (Å²) in [6.07, 6.45) is 6.43. The zero-order chi connectivity index (χ0) is 14.7. The average molecular weight is 282 g/mol. The topological polar surface area (TPSA) is 52.6 Å². The van der Waals surface area contributed by atoms with E-state index >= 15 is 0 Å². The molecule has 4 nitrogen and oxygen atoms in total. The molecular weight excluding hydrogens is 252 g/mol. The zero-order valence-corrected chi connectivity index (χ0v) is 13.1. The van der Waals surface area contributed by atoms with Crippen LogP contribution in [0.15, 0.2) is 0 Å². The van der Waals surface area contributed by atoms with E-state index < -0.39 is 0 Å². The minimum absolute atomic E-state index is 0.0592. The number of nitrogens with one attached hydrogen (secondary N) is 1. The first-order chi connectivity index (χ1) is 9.47. The Morgan fingerprint density at radius 2 is 1.95 bits per heavy atom. The summed E-state index contributed by atoms with van der Waals surface area (Å²) in [5.41, 5.74) is 0. The molecule has 0 aromatic heterocycles. The minimum Gasteiger partial charge on any atom is -0.393 e. The molecule has 2 fully saturated rings. The normalized spacial score (nSPS) is 33.6. The molecule has 0 aliphatic heterocycles. The van der Waals surface area contributed by atoms with Crippen LogP contribution < -0.4 is 5.32 Å². The molecule has 0 spiro atoms. The lowest BCUT2D eigenvalue weighted by molar-refractivity contribution is 0.0320. The van der Waals surface area contributed by atoms with Gasteiger partial charge in [0.25, 0.3) is 0 Å². The highest BCUT2D eigenvalue weighted by atomic mass is 16.3. The maximum atomic E-state index is 12.3. The molecule has 2 atom stereocenters. The molecule has 20 heavy (non-hydrogen) atoms. The molecule has 0 aromatic carbocycles. The van der Waals surface area contributed by atoms with E-state index in [4.69, 9.17) is 0 Å². The number of rotatable bonds is 4. The second kappa shape index (κ2) is 6.79. The molecule has 0 unspecified atom stereocenters. The van der Waals surface area contributed by atoms with Crippen molar-refractivity contribution in [1.82, 2.24) is 10.2 Å². The Morgan fingerprint density at radius 3 is 2.55 bits per heavy atom. The molecular formula is C16H30N2O2. The predicted molar refractivity (Wildman–Crippen MR) is 80.5 cm³/mol.